The predicted octanol–water partition coefficient (Wildman–Crippen LogP) is 37.3. The topological polar surface area (TPSA) is 91.8 Å². The van der Waals surface area contributed by atoms with Gasteiger partial charge in [0.25, 0.3) is 0 Å². The third kappa shape index (κ3) is 10.5. The molecule has 10 heteroatoms. The summed E-state index contributed by atoms with van der Waals surface area (Å²) < 4.78 is 46.4. The molecule has 6 aromatic heterocycles. The fourth-order valence-corrected chi connectivity index (χ4v) is 25.8. The highest BCUT2D eigenvalue weighted by atomic mass is 16.4. The molecule has 0 bridgehead atoms. The van der Waals surface area contributed by atoms with Crippen LogP contribution in [-0.4, -0.2) is 0 Å². The van der Waals surface area contributed by atoms with Crippen molar-refractivity contribution >= 4 is 200 Å². The van der Waals surface area contributed by atoms with Crippen LogP contribution < -0.4 is 19.6 Å². The summed E-state index contributed by atoms with van der Waals surface area (Å²) in [6.45, 7) is 0. The predicted molar refractivity (Wildman–Crippen MR) is 587 cm³/mol. The van der Waals surface area contributed by atoms with Crippen molar-refractivity contribution in [2.24, 2.45) is 0 Å². The van der Waals surface area contributed by atoms with Crippen molar-refractivity contribution < 1.29 is 26.5 Å². The fourth-order valence-electron chi connectivity index (χ4n) is 25.8. The molecular weight excluding hydrogens is 1760 g/mol. The molecule has 0 N–H and O–H groups in total. The van der Waals surface area contributed by atoms with E-state index >= 15 is 0 Å². The summed E-state index contributed by atoms with van der Waals surface area (Å²) in [5.74, 6) is 0. The van der Waals surface area contributed by atoms with Crippen LogP contribution in [0.25, 0.3) is 187 Å². The Balaban J connectivity index is 0.710. The number of nitrogens with zero attached hydrogens (tertiary/aromatic N) is 4. The smallest absolute Gasteiger partial charge is 0.160 e. The second-order valence-electron chi connectivity index (χ2n) is 38.4. The van der Waals surface area contributed by atoms with Gasteiger partial charge in [-0.1, -0.05) is 322 Å². The van der Waals surface area contributed by atoms with Gasteiger partial charge in [-0.25, -0.2) is 0 Å². The van der Waals surface area contributed by atoms with Gasteiger partial charge >= 0.3 is 0 Å². The van der Waals surface area contributed by atoms with Crippen LogP contribution in [0.5, 0.6) is 0 Å². The Morgan fingerprint density at radius 2 is 0.431 bits per heavy atom. The molecule has 10 nitrogen and oxygen atoms in total. The summed E-state index contributed by atoms with van der Waals surface area (Å²) in [4.78, 5) is 9.69. The zero-order valence-electron chi connectivity index (χ0n) is 77.3. The molecule has 0 fully saturated rings. The van der Waals surface area contributed by atoms with E-state index in [1.165, 1.54) is 0 Å². The molecule has 32 rings (SSSR count). The highest BCUT2D eigenvalue weighted by molar-refractivity contribution is 6.30. The summed E-state index contributed by atoms with van der Waals surface area (Å²) in [6.07, 6.45) is 0. The third-order valence-corrected chi connectivity index (χ3v) is 31.4. The molecule has 0 saturated carbocycles. The molecule has 0 atom stereocenters. The molecule has 0 aliphatic heterocycles. The molecule has 4 aliphatic rings. The largest absolute Gasteiger partial charge is 0.455 e. The number of hydrogen-bond acceptors (Lipinski definition) is 10. The molecule has 144 heavy (non-hydrogen) atoms. The Bertz CT molecular complexity index is 10000. The van der Waals surface area contributed by atoms with Gasteiger partial charge in [0, 0.05) is 105 Å². The fraction of sp³-hybridized carbons (Fsp3) is 0.0149. The zero-order valence-corrected chi connectivity index (χ0v) is 77.3. The summed E-state index contributed by atoms with van der Waals surface area (Å²) >= 11 is 0. The van der Waals surface area contributed by atoms with Gasteiger partial charge in [-0.2, -0.15) is 0 Å². The molecule has 0 unspecified atom stereocenters. The van der Waals surface area contributed by atoms with Crippen molar-refractivity contribution in [1.82, 2.24) is 0 Å². The lowest BCUT2D eigenvalue weighted by Gasteiger charge is -2.33. The number of fused-ring (bicyclic) bond motifs is 42. The average Bonchev–Trinajstić information content (AvgIpc) is 1.48. The van der Waals surface area contributed by atoms with Crippen molar-refractivity contribution in [3.05, 3.63) is 518 Å². The first-order chi connectivity index (χ1) is 71.5. The Kier molecular flexibility index (Phi) is 16.3. The van der Waals surface area contributed by atoms with E-state index in [0.717, 1.165) is 289 Å². The number of benzene rings is 22. The minimum Gasteiger partial charge on any atom is -0.455 e. The van der Waals surface area contributed by atoms with E-state index in [1.54, 1.807) is 0 Å². The lowest BCUT2D eigenvalue weighted by molar-refractivity contribution is 0.665. The second kappa shape index (κ2) is 29.7. The Morgan fingerprint density at radius 1 is 0.146 bits per heavy atom. The molecule has 28 aromatic rings. The maximum Gasteiger partial charge on any atom is 0.160 e. The summed E-state index contributed by atoms with van der Waals surface area (Å²) in [6, 6.07) is 172. The van der Waals surface area contributed by atoms with Crippen LogP contribution in [0.2, 0.25) is 0 Å². The van der Waals surface area contributed by atoms with Crippen molar-refractivity contribution in [2.45, 2.75) is 10.8 Å². The van der Waals surface area contributed by atoms with Gasteiger partial charge in [-0.15, -0.1) is 0 Å². The van der Waals surface area contributed by atoms with Crippen molar-refractivity contribution in [2.75, 3.05) is 19.6 Å². The molecule has 670 valence electrons. The van der Waals surface area contributed by atoms with Gasteiger partial charge < -0.3 is 46.1 Å². The van der Waals surface area contributed by atoms with E-state index in [-0.39, 0.29) is 0 Å². The molecule has 6 heterocycles. The van der Waals surface area contributed by atoms with Crippen LogP contribution in [-0.2, 0) is 10.8 Å². The Labute approximate surface area is 824 Å². The number of hydrogen-bond donors (Lipinski definition) is 0. The van der Waals surface area contributed by atoms with Crippen molar-refractivity contribution in [3.63, 3.8) is 0 Å². The third-order valence-electron chi connectivity index (χ3n) is 31.4. The molecular formula is C134H78N4O6. The normalized spacial score (nSPS) is 13.2. The first-order valence-corrected chi connectivity index (χ1v) is 49.2. The number of furan rings is 6. The average molecular weight is 1840 g/mol. The van der Waals surface area contributed by atoms with Crippen molar-refractivity contribution in [3.8, 4) is 55.6 Å². The van der Waals surface area contributed by atoms with E-state index < -0.39 is 10.8 Å². The Hall–Kier alpha value is -19.2. The number of rotatable bonds is 13. The maximum atomic E-state index is 8.36. The van der Waals surface area contributed by atoms with Crippen LogP contribution >= 0.6 is 0 Å². The molecule has 2 spiro atoms. The number of para-hydroxylation sites is 13. The van der Waals surface area contributed by atoms with Gasteiger partial charge in [-0.05, 0) is 230 Å². The van der Waals surface area contributed by atoms with Crippen LogP contribution in [0, 0.1) is 0 Å². The molecule has 0 radical (unpaired) electrons. The van der Waals surface area contributed by atoms with E-state index in [0.29, 0.717) is 11.2 Å². The number of anilines is 12. The molecule has 4 aliphatic carbocycles. The van der Waals surface area contributed by atoms with E-state index in [2.05, 4.69) is 493 Å². The minimum atomic E-state index is -1.10. The first-order valence-electron chi connectivity index (χ1n) is 49.2. The van der Waals surface area contributed by atoms with E-state index in [9.17, 15) is 0 Å². The summed E-state index contributed by atoms with van der Waals surface area (Å²) in [7, 11) is 0. The highest BCUT2D eigenvalue weighted by Crippen LogP contribution is 2.72. The minimum absolute atomic E-state index is 0.679. The lowest BCUT2D eigenvalue weighted by atomic mass is 9.70. The maximum absolute atomic E-state index is 8.36. The van der Waals surface area contributed by atoms with Crippen LogP contribution in [0.4, 0.5) is 68.2 Å². The highest BCUT2D eigenvalue weighted by Gasteiger charge is 2.58. The standard InChI is InChI=1S/C134H78N4O6/c1-7-38-80(39-8-1)135(81-40-9-2-10-41-81)108-75-104-125(131-119(108)94-55-24-32-69-114(94)142-131)126-105(76-109(120-95-56-25-33-70-115(95)143-132(120)126)136(82-42-11-3-12-43-82)83-44-13-4-14-45-83)134(104)100-63-29-21-54-93(100)118-86(58-35-64-101(118)134)79-72-73-97-117(74-79)144-129-111(138(85-48-17-6-18-49-85)107-66-37-60-92-90-53-23-31-68-113(90)140-128(92)107)78-102-123(122(97)129)124-103(133(102)98-61-27-19-50-87(98)88-51-20-28-62-99(88)133)77-110(121-96-57-26-34-71-116(96)141-130(121)124)137(84-46-15-5-16-47-84)106-65-36-59-91-89-52-22-30-67-112(89)139-127(91)106/h1-78H. The second-order valence-corrected chi connectivity index (χ2v) is 38.4. The van der Waals surface area contributed by atoms with Gasteiger partial charge in [0.05, 0.1) is 61.1 Å². The van der Waals surface area contributed by atoms with Gasteiger partial charge in [-0.3, -0.25) is 0 Å². The van der Waals surface area contributed by atoms with E-state index in [1.807, 2.05) is 0 Å². The van der Waals surface area contributed by atoms with Gasteiger partial charge in [0.15, 0.2) is 16.7 Å². The molecule has 0 saturated heterocycles. The molecule has 0 amide bonds. The monoisotopic (exact) mass is 1840 g/mol. The van der Waals surface area contributed by atoms with Crippen LogP contribution in [0.1, 0.15) is 44.5 Å². The quantitative estimate of drug-likeness (QED) is 0.111. The van der Waals surface area contributed by atoms with Gasteiger partial charge in [0.2, 0.25) is 0 Å². The van der Waals surface area contributed by atoms with Gasteiger partial charge in [0.1, 0.15) is 50.2 Å². The summed E-state index contributed by atoms with van der Waals surface area (Å²) in [5, 5.41) is 11.8. The van der Waals surface area contributed by atoms with E-state index in [4.69, 9.17) is 26.5 Å². The lowest BCUT2D eigenvalue weighted by Crippen LogP contribution is -2.26. The van der Waals surface area contributed by atoms with Crippen LogP contribution in [0.3, 0.4) is 0 Å². The molecule has 22 aromatic carbocycles. The van der Waals surface area contributed by atoms with Crippen molar-refractivity contribution in [1.29, 1.82) is 0 Å². The van der Waals surface area contributed by atoms with Crippen LogP contribution in [0.15, 0.2) is 500 Å². The Morgan fingerprint density at radius 3 is 0.868 bits per heavy atom. The summed E-state index contributed by atoms with van der Waals surface area (Å²) in [5.41, 5.74) is 37.5. The zero-order chi connectivity index (χ0) is 93.9. The first kappa shape index (κ1) is 78.8. The SMILES string of the molecule is c1ccc(N(c2cccc3c2oc2ccccc23)c2cc3c(c4c2oc2cc(-c5cccc6c5-c5ccccc5C65c6cc(N(c7ccccc7)c7ccccc7)c7c(oc8ccccc87)c6-c6c5cc(N(c5ccccc5)c5ccccc5)c5c6oc6ccccc65)ccc24)-c2c(cc(N(c4ccccc4)c4cccc5c4oc4ccccc45)c4c2oc2ccccc24)C32c3ccccc3-c3ccccc32)cc1.